The zero-order valence-corrected chi connectivity index (χ0v) is 21.9. The zero-order valence-electron chi connectivity index (χ0n) is 18.9. The number of aliphatic hydroxyl groups is 1. The molecule has 3 N–H and O–H groups in total. The molecular weight excluding hydrogens is 544 g/mol. The highest BCUT2D eigenvalue weighted by Gasteiger charge is 2.27. The lowest BCUT2D eigenvalue weighted by Crippen LogP contribution is -2.41. The monoisotopic (exact) mass is 563 g/mol. The minimum Gasteiger partial charge on any atom is -0.480 e. The van der Waals surface area contributed by atoms with Crippen LogP contribution in [-0.2, 0) is 11.2 Å². The fourth-order valence-corrected chi connectivity index (χ4v) is 4.76. The summed E-state index contributed by atoms with van der Waals surface area (Å²) >= 11 is 24.7. The molecule has 1 aromatic heterocycles. The maximum absolute atomic E-state index is 12.0. The van der Waals surface area contributed by atoms with Crippen molar-refractivity contribution in [1.82, 2.24) is 15.1 Å². The Morgan fingerprint density at radius 2 is 1.64 bits per heavy atom. The number of benzene rings is 3. The Labute approximate surface area is 228 Å². The van der Waals surface area contributed by atoms with E-state index in [1.807, 2.05) is 12.1 Å². The molecule has 1 heterocycles. The maximum Gasteiger partial charge on any atom is 0.321 e. The van der Waals surface area contributed by atoms with Gasteiger partial charge in [0.05, 0.1) is 16.4 Å². The lowest BCUT2D eigenvalue weighted by atomic mass is 10.0. The van der Waals surface area contributed by atoms with Crippen LogP contribution in [0.3, 0.4) is 0 Å². The van der Waals surface area contributed by atoms with Gasteiger partial charge in [0.2, 0.25) is 0 Å². The van der Waals surface area contributed by atoms with Crippen LogP contribution in [0.25, 0.3) is 16.9 Å². The van der Waals surface area contributed by atoms with E-state index >= 15 is 0 Å². The smallest absolute Gasteiger partial charge is 0.321 e. The Kier molecular flexibility index (Phi) is 8.25. The normalized spacial score (nSPS) is 12.9. The van der Waals surface area contributed by atoms with E-state index in [1.165, 1.54) is 0 Å². The Balaban J connectivity index is 1.75. The number of halogens is 4. The number of hydrogen-bond donors (Lipinski definition) is 3. The van der Waals surface area contributed by atoms with Gasteiger partial charge >= 0.3 is 5.97 Å². The minimum absolute atomic E-state index is 0.111. The molecule has 0 spiro atoms. The lowest BCUT2D eigenvalue weighted by Gasteiger charge is -2.19. The van der Waals surface area contributed by atoms with Crippen LogP contribution in [-0.4, -0.2) is 32.0 Å². The van der Waals surface area contributed by atoms with E-state index in [0.29, 0.717) is 42.6 Å². The van der Waals surface area contributed by atoms with E-state index < -0.39 is 18.2 Å². The first-order chi connectivity index (χ1) is 17.1. The van der Waals surface area contributed by atoms with E-state index in [0.717, 1.165) is 5.56 Å². The average Bonchev–Trinajstić information content (AvgIpc) is 3.16. The number of aliphatic carboxylic acids is 1. The van der Waals surface area contributed by atoms with E-state index in [4.69, 9.17) is 46.4 Å². The summed E-state index contributed by atoms with van der Waals surface area (Å²) < 4.78 is 1.60. The molecule has 0 amide bonds. The minimum atomic E-state index is -1.39. The third kappa shape index (κ3) is 5.86. The molecule has 6 nitrogen and oxygen atoms in total. The number of aromatic nitrogens is 2. The first-order valence-electron chi connectivity index (χ1n) is 10.9. The average molecular weight is 565 g/mol. The molecule has 0 radical (unpaired) electrons. The summed E-state index contributed by atoms with van der Waals surface area (Å²) in [5.41, 5.74) is 3.59. The van der Waals surface area contributed by atoms with Gasteiger partial charge in [0.25, 0.3) is 0 Å². The van der Waals surface area contributed by atoms with Crippen molar-refractivity contribution in [3.05, 3.63) is 104 Å². The number of rotatable bonds is 8. The third-order valence-electron chi connectivity index (χ3n) is 5.66. The summed E-state index contributed by atoms with van der Waals surface area (Å²) in [4.78, 5) is 12.0. The lowest BCUT2D eigenvalue weighted by molar-refractivity contribution is -0.140. The van der Waals surface area contributed by atoms with E-state index in [1.54, 1.807) is 66.2 Å². The fourth-order valence-electron chi connectivity index (χ4n) is 3.93. The van der Waals surface area contributed by atoms with Crippen LogP contribution in [0.2, 0.25) is 20.1 Å². The van der Waals surface area contributed by atoms with Crippen LogP contribution >= 0.6 is 46.4 Å². The van der Waals surface area contributed by atoms with Crippen molar-refractivity contribution in [3.63, 3.8) is 0 Å². The van der Waals surface area contributed by atoms with Crippen LogP contribution in [0, 0.1) is 6.92 Å². The molecular formula is C26H21Cl4N3O3. The summed E-state index contributed by atoms with van der Waals surface area (Å²) in [5, 5.41) is 30.2. The number of aliphatic hydroxyl groups excluding tert-OH is 1. The van der Waals surface area contributed by atoms with Crippen molar-refractivity contribution in [2.24, 2.45) is 0 Å². The van der Waals surface area contributed by atoms with Gasteiger partial charge in [-0.3, -0.25) is 10.1 Å². The molecule has 186 valence electrons. The second-order valence-corrected chi connectivity index (χ2v) is 9.88. The number of carboxylic acids is 1. The SMILES string of the molecule is Cc1c(C(O)NC(Cc2cccc(Cl)c2)C(=O)O)nn(-c2ccc(Cl)cc2Cl)c1-c1ccc(Cl)cc1. The number of nitrogens with one attached hydrogen (secondary N) is 1. The quantitative estimate of drug-likeness (QED) is 0.206. The molecule has 0 aliphatic heterocycles. The second kappa shape index (κ2) is 11.2. The fraction of sp³-hybridized carbons (Fsp3) is 0.154. The van der Waals surface area contributed by atoms with Gasteiger partial charge < -0.3 is 10.2 Å². The van der Waals surface area contributed by atoms with Crippen molar-refractivity contribution in [3.8, 4) is 16.9 Å². The molecule has 36 heavy (non-hydrogen) atoms. The summed E-state index contributed by atoms with van der Waals surface area (Å²) in [6, 6.07) is 18.0. The second-order valence-electron chi connectivity index (χ2n) is 8.17. The van der Waals surface area contributed by atoms with E-state index in [-0.39, 0.29) is 12.1 Å². The molecule has 4 rings (SSSR count). The van der Waals surface area contributed by atoms with E-state index in [9.17, 15) is 15.0 Å². The predicted octanol–water partition coefficient (Wildman–Crippen LogP) is 6.74. The van der Waals surface area contributed by atoms with Crippen molar-refractivity contribution < 1.29 is 15.0 Å². The van der Waals surface area contributed by atoms with Gasteiger partial charge in [-0.2, -0.15) is 5.10 Å². The molecule has 0 aliphatic rings. The zero-order chi connectivity index (χ0) is 26.0. The van der Waals surface area contributed by atoms with Gasteiger partial charge in [-0.1, -0.05) is 70.7 Å². The number of hydrogen-bond acceptors (Lipinski definition) is 4. The van der Waals surface area contributed by atoms with Crippen LogP contribution in [0.4, 0.5) is 0 Å². The number of carboxylic acid groups (broad SMARTS) is 1. The van der Waals surface area contributed by atoms with Gasteiger partial charge in [-0.25, -0.2) is 4.68 Å². The molecule has 3 aromatic carbocycles. The van der Waals surface area contributed by atoms with Gasteiger partial charge in [-0.15, -0.1) is 0 Å². The van der Waals surface area contributed by atoms with Crippen molar-refractivity contribution in [2.75, 3.05) is 0 Å². The maximum atomic E-state index is 12.0. The van der Waals surface area contributed by atoms with Crippen LogP contribution in [0.1, 0.15) is 23.0 Å². The van der Waals surface area contributed by atoms with Crippen molar-refractivity contribution >= 4 is 52.4 Å². The van der Waals surface area contributed by atoms with Crippen molar-refractivity contribution in [2.45, 2.75) is 25.6 Å². The van der Waals surface area contributed by atoms with Gasteiger partial charge in [-0.05, 0) is 61.4 Å². The Morgan fingerprint density at radius 1 is 0.972 bits per heavy atom. The first kappa shape index (κ1) is 26.5. The van der Waals surface area contributed by atoms with Gasteiger partial charge in [0.15, 0.2) is 6.23 Å². The largest absolute Gasteiger partial charge is 0.480 e. The highest BCUT2D eigenvalue weighted by atomic mass is 35.5. The van der Waals surface area contributed by atoms with Crippen LogP contribution in [0.5, 0.6) is 0 Å². The molecule has 0 fully saturated rings. The summed E-state index contributed by atoms with van der Waals surface area (Å²) in [6.45, 7) is 1.80. The van der Waals surface area contributed by atoms with Crippen LogP contribution in [0.15, 0.2) is 66.7 Å². The molecule has 10 heteroatoms. The molecule has 2 unspecified atom stereocenters. The predicted molar refractivity (Wildman–Crippen MR) is 143 cm³/mol. The highest BCUT2D eigenvalue weighted by molar-refractivity contribution is 6.35. The van der Waals surface area contributed by atoms with E-state index in [2.05, 4.69) is 10.4 Å². The Hall–Kier alpha value is -2.58. The van der Waals surface area contributed by atoms with Crippen molar-refractivity contribution in [1.29, 1.82) is 0 Å². The summed E-state index contributed by atoms with van der Waals surface area (Å²) in [7, 11) is 0. The molecule has 0 aliphatic carbocycles. The molecule has 0 saturated heterocycles. The number of nitrogens with zero attached hydrogens (tertiary/aromatic N) is 2. The summed E-state index contributed by atoms with van der Waals surface area (Å²) in [6.07, 6.45) is -1.27. The summed E-state index contributed by atoms with van der Waals surface area (Å²) in [5.74, 6) is -1.12. The van der Waals surface area contributed by atoms with Gasteiger partial charge in [0, 0.05) is 26.2 Å². The number of carbonyl (C=O) groups is 1. The standard InChI is InChI=1S/C26H21Cl4N3O3/c1-14-23(25(34)31-21(26(35)36)12-15-3-2-4-18(28)11-15)32-33(22-10-9-19(29)13-20(22)30)24(14)16-5-7-17(27)8-6-16/h2-11,13,21,25,31,34H,12H2,1H3,(H,35,36). The molecule has 0 bridgehead atoms. The Morgan fingerprint density at radius 3 is 2.28 bits per heavy atom. The molecule has 0 saturated carbocycles. The third-order valence-corrected chi connectivity index (χ3v) is 6.68. The highest BCUT2D eigenvalue weighted by Crippen LogP contribution is 2.34. The topological polar surface area (TPSA) is 87.4 Å². The first-order valence-corrected chi connectivity index (χ1v) is 12.4. The molecule has 4 aromatic rings. The molecule has 2 atom stereocenters. The van der Waals surface area contributed by atoms with Crippen LogP contribution < -0.4 is 5.32 Å². The Bertz CT molecular complexity index is 1410. The van der Waals surface area contributed by atoms with Gasteiger partial charge in [0.1, 0.15) is 11.7 Å².